The van der Waals surface area contributed by atoms with Crippen LogP contribution in [0.5, 0.6) is 0 Å². The van der Waals surface area contributed by atoms with Gasteiger partial charge in [-0.05, 0) is 51.0 Å². The summed E-state index contributed by atoms with van der Waals surface area (Å²) < 4.78 is 0. The lowest BCUT2D eigenvalue weighted by Crippen LogP contribution is -2.51. The van der Waals surface area contributed by atoms with E-state index >= 15 is 0 Å². The minimum atomic E-state index is -0.113. The van der Waals surface area contributed by atoms with Crippen LogP contribution >= 0.6 is 0 Å². The molecular formula is C17H32N2O. The lowest BCUT2D eigenvalue weighted by Gasteiger charge is -2.35. The summed E-state index contributed by atoms with van der Waals surface area (Å²) in [5.74, 6) is 0.797. The van der Waals surface area contributed by atoms with Crippen molar-refractivity contribution in [2.75, 3.05) is 6.54 Å². The van der Waals surface area contributed by atoms with Crippen LogP contribution in [0.2, 0.25) is 0 Å². The van der Waals surface area contributed by atoms with E-state index in [-0.39, 0.29) is 6.10 Å². The van der Waals surface area contributed by atoms with Crippen molar-refractivity contribution in [3.63, 3.8) is 0 Å². The first-order chi connectivity index (χ1) is 9.84. The summed E-state index contributed by atoms with van der Waals surface area (Å²) in [7, 11) is 0. The maximum atomic E-state index is 10.3. The van der Waals surface area contributed by atoms with Gasteiger partial charge in [-0.2, -0.15) is 0 Å². The van der Waals surface area contributed by atoms with Crippen molar-refractivity contribution in [2.45, 2.75) is 94.9 Å². The Kier molecular flexibility index (Phi) is 5.36. The maximum absolute atomic E-state index is 10.3. The van der Waals surface area contributed by atoms with Crippen LogP contribution in [-0.4, -0.2) is 35.9 Å². The van der Waals surface area contributed by atoms with Crippen LogP contribution in [0.1, 0.15) is 70.6 Å². The fraction of sp³-hybridized carbons (Fsp3) is 1.00. The van der Waals surface area contributed by atoms with Crippen molar-refractivity contribution < 1.29 is 5.11 Å². The maximum Gasteiger partial charge on any atom is 0.0693 e. The predicted octanol–water partition coefficient (Wildman–Crippen LogP) is 2.58. The van der Waals surface area contributed by atoms with Gasteiger partial charge in [0.15, 0.2) is 0 Å². The van der Waals surface area contributed by atoms with Gasteiger partial charge >= 0.3 is 0 Å². The smallest absolute Gasteiger partial charge is 0.0693 e. The molecule has 1 heterocycles. The van der Waals surface area contributed by atoms with Crippen molar-refractivity contribution in [2.24, 2.45) is 5.92 Å². The average Bonchev–Trinajstić information content (AvgIpc) is 2.85. The van der Waals surface area contributed by atoms with E-state index in [1.165, 1.54) is 70.8 Å². The highest BCUT2D eigenvalue weighted by molar-refractivity contribution is 4.94. The van der Waals surface area contributed by atoms with Gasteiger partial charge in [-0.1, -0.05) is 32.1 Å². The fourth-order valence-corrected chi connectivity index (χ4v) is 4.68. The Morgan fingerprint density at radius 3 is 2.40 bits per heavy atom. The van der Waals surface area contributed by atoms with E-state index in [1.807, 2.05) is 0 Å². The number of hydrogen-bond donors (Lipinski definition) is 3. The molecule has 5 atom stereocenters. The van der Waals surface area contributed by atoms with Gasteiger partial charge in [0.25, 0.3) is 0 Å². The third-order valence-electron chi connectivity index (χ3n) is 5.84. The van der Waals surface area contributed by atoms with E-state index in [9.17, 15) is 5.11 Å². The Morgan fingerprint density at radius 2 is 1.55 bits per heavy atom. The second-order valence-electron chi connectivity index (χ2n) is 7.24. The number of nitrogens with one attached hydrogen (secondary N) is 2. The Morgan fingerprint density at radius 1 is 0.750 bits per heavy atom. The quantitative estimate of drug-likeness (QED) is 0.696. The average molecular weight is 280 g/mol. The van der Waals surface area contributed by atoms with Gasteiger partial charge in [-0.25, -0.2) is 0 Å². The van der Waals surface area contributed by atoms with Gasteiger partial charge in [0.05, 0.1) is 6.10 Å². The van der Waals surface area contributed by atoms with Crippen molar-refractivity contribution in [1.29, 1.82) is 0 Å². The van der Waals surface area contributed by atoms with Crippen LogP contribution in [0.25, 0.3) is 0 Å². The number of aliphatic hydroxyl groups is 1. The molecule has 5 unspecified atom stereocenters. The Bertz CT molecular complexity index is 291. The molecule has 0 spiro atoms. The summed E-state index contributed by atoms with van der Waals surface area (Å²) >= 11 is 0. The van der Waals surface area contributed by atoms with Gasteiger partial charge in [0, 0.05) is 18.1 Å². The topological polar surface area (TPSA) is 44.3 Å². The largest absolute Gasteiger partial charge is 0.392 e. The molecule has 0 aromatic heterocycles. The molecule has 3 heteroatoms. The number of hydrogen-bond acceptors (Lipinski definition) is 3. The van der Waals surface area contributed by atoms with Crippen molar-refractivity contribution in [3.8, 4) is 0 Å². The molecule has 116 valence electrons. The molecule has 3 nitrogen and oxygen atoms in total. The molecule has 1 aliphatic heterocycles. The van der Waals surface area contributed by atoms with Crippen LogP contribution in [0.4, 0.5) is 0 Å². The summed E-state index contributed by atoms with van der Waals surface area (Å²) in [5.41, 5.74) is 0. The molecule has 2 saturated carbocycles. The summed E-state index contributed by atoms with van der Waals surface area (Å²) in [5, 5.41) is 17.9. The SMILES string of the molecule is OC1CCCCCC1NC1CCCC1C1CCCCN1. The van der Waals surface area contributed by atoms with Gasteiger partial charge in [0.2, 0.25) is 0 Å². The van der Waals surface area contributed by atoms with E-state index in [0.29, 0.717) is 12.1 Å². The van der Waals surface area contributed by atoms with E-state index in [0.717, 1.165) is 18.4 Å². The lowest BCUT2D eigenvalue weighted by atomic mass is 9.87. The highest BCUT2D eigenvalue weighted by atomic mass is 16.3. The van der Waals surface area contributed by atoms with E-state index < -0.39 is 0 Å². The zero-order valence-electron chi connectivity index (χ0n) is 12.8. The molecule has 1 saturated heterocycles. The third kappa shape index (κ3) is 3.55. The van der Waals surface area contributed by atoms with Crippen LogP contribution in [0, 0.1) is 5.92 Å². The third-order valence-corrected chi connectivity index (χ3v) is 5.84. The van der Waals surface area contributed by atoms with E-state index in [2.05, 4.69) is 10.6 Å². The minimum Gasteiger partial charge on any atom is -0.392 e. The first kappa shape index (κ1) is 14.8. The standard InChI is InChI=1S/C17H32N2O/c20-17-11-3-1-2-9-16(17)19-15-10-6-7-13(15)14-8-4-5-12-18-14/h13-20H,1-12H2. The highest BCUT2D eigenvalue weighted by Crippen LogP contribution is 2.33. The molecule has 0 amide bonds. The first-order valence-corrected chi connectivity index (χ1v) is 9.02. The zero-order chi connectivity index (χ0) is 13.8. The van der Waals surface area contributed by atoms with Gasteiger partial charge in [0.1, 0.15) is 0 Å². The van der Waals surface area contributed by atoms with Crippen molar-refractivity contribution in [1.82, 2.24) is 10.6 Å². The van der Waals surface area contributed by atoms with Crippen LogP contribution in [-0.2, 0) is 0 Å². The molecule has 0 bridgehead atoms. The zero-order valence-corrected chi connectivity index (χ0v) is 12.8. The lowest BCUT2D eigenvalue weighted by molar-refractivity contribution is 0.106. The van der Waals surface area contributed by atoms with Crippen molar-refractivity contribution >= 4 is 0 Å². The molecule has 3 rings (SSSR count). The van der Waals surface area contributed by atoms with Crippen LogP contribution in [0.3, 0.4) is 0 Å². The molecule has 3 N–H and O–H groups in total. The summed E-state index contributed by atoms with van der Waals surface area (Å²) in [4.78, 5) is 0. The Hall–Kier alpha value is -0.120. The number of rotatable bonds is 3. The fourth-order valence-electron chi connectivity index (χ4n) is 4.68. The summed E-state index contributed by atoms with van der Waals surface area (Å²) in [6, 6.07) is 1.72. The van der Waals surface area contributed by atoms with Gasteiger partial charge in [-0.3, -0.25) is 0 Å². The van der Waals surface area contributed by atoms with E-state index in [4.69, 9.17) is 0 Å². The summed E-state index contributed by atoms with van der Waals surface area (Å²) in [6.45, 7) is 1.21. The van der Waals surface area contributed by atoms with Crippen LogP contribution in [0.15, 0.2) is 0 Å². The predicted molar refractivity (Wildman–Crippen MR) is 82.8 cm³/mol. The molecule has 0 radical (unpaired) electrons. The molecule has 0 aromatic carbocycles. The van der Waals surface area contributed by atoms with Gasteiger partial charge < -0.3 is 15.7 Å². The molecular weight excluding hydrogens is 248 g/mol. The normalized spacial score (nSPS) is 43.4. The van der Waals surface area contributed by atoms with Gasteiger partial charge in [-0.15, -0.1) is 0 Å². The minimum absolute atomic E-state index is 0.113. The Balaban J connectivity index is 1.57. The molecule has 0 aromatic rings. The van der Waals surface area contributed by atoms with Crippen molar-refractivity contribution in [3.05, 3.63) is 0 Å². The second kappa shape index (κ2) is 7.24. The molecule has 20 heavy (non-hydrogen) atoms. The second-order valence-corrected chi connectivity index (χ2v) is 7.24. The molecule has 3 aliphatic rings. The monoisotopic (exact) mass is 280 g/mol. The van der Waals surface area contributed by atoms with Crippen LogP contribution < -0.4 is 10.6 Å². The molecule has 3 fully saturated rings. The number of aliphatic hydroxyl groups excluding tert-OH is 1. The number of piperidine rings is 1. The first-order valence-electron chi connectivity index (χ1n) is 9.02. The highest BCUT2D eigenvalue weighted by Gasteiger charge is 2.36. The molecule has 2 aliphatic carbocycles. The van der Waals surface area contributed by atoms with E-state index in [1.54, 1.807) is 0 Å². The summed E-state index contributed by atoms with van der Waals surface area (Å²) in [6.07, 6.45) is 14.0. The Labute approximate surface area is 123 Å².